The summed E-state index contributed by atoms with van der Waals surface area (Å²) in [5.74, 6) is 1.59. The molecule has 1 unspecified atom stereocenters. The molecule has 0 spiro atoms. The first-order valence-electron chi connectivity index (χ1n) is 6.85. The third kappa shape index (κ3) is 2.49. The maximum Gasteiger partial charge on any atom is 0.231 e. The lowest BCUT2D eigenvalue weighted by atomic mass is 9.95. The van der Waals surface area contributed by atoms with Crippen molar-refractivity contribution >= 4 is 0 Å². The molecule has 1 atom stereocenters. The van der Waals surface area contributed by atoms with E-state index in [0.717, 1.165) is 23.5 Å². The molecule has 0 amide bonds. The van der Waals surface area contributed by atoms with Gasteiger partial charge in [-0.05, 0) is 49.1 Å². The third-order valence-corrected chi connectivity index (χ3v) is 3.77. The van der Waals surface area contributed by atoms with Crippen LogP contribution in [-0.2, 0) is 6.42 Å². The lowest BCUT2D eigenvalue weighted by Gasteiger charge is -2.15. The van der Waals surface area contributed by atoms with Crippen LogP contribution in [0.15, 0.2) is 36.4 Å². The standard InChI is InChI=1S/C17H19NO2/c1-11-3-4-12(2)14(7-11)8-15(18)13-5-6-16-17(9-13)20-10-19-16/h3-7,9,15H,8,10,18H2,1-2H3. The van der Waals surface area contributed by atoms with Crippen molar-refractivity contribution < 1.29 is 9.47 Å². The van der Waals surface area contributed by atoms with Gasteiger partial charge in [-0.25, -0.2) is 0 Å². The number of benzene rings is 2. The second kappa shape index (κ2) is 5.17. The molecule has 0 aromatic heterocycles. The van der Waals surface area contributed by atoms with E-state index in [1.807, 2.05) is 18.2 Å². The number of hydrogen-bond donors (Lipinski definition) is 1. The zero-order valence-corrected chi connectivity index (χ0v) is 11.8. The molecule has 0 aliphatic carbocycles. The van der Waals surface area contributed by atoms with Crippen molar-refractivity contribution in [3.8, 4) is 11.5 Å². The van der Waals surface area contributed by atoms with Crippen LogP contribution in [-0.4, -0.2) is 6.79 Å². The highest BCUT2D eigenvalue weighted by Crippen LogP contribution is 2.34. The van der Waals surface area contributed by atoms with Gasteiger partial charge in [0.1, 0.15) is 0 Å². The van der Waals surface area contributed by atoms with Crippen molar-refractivity contribution in [2.75, 3.05) is 6.79 Å². The van der Waals surface area contributed by atoms with Crippen LogP contribution in [0.2, 0.25) is 0 Å². The zero-order valence-electron chi connectivity index (χ0n) is 11.8. The number of fused-ring (bicyclic) bond motifs is 1. The fourth-order valence-electron chi connectivity index (χ4n) is 2.52. The van der Waals surface area contributed by atoms with E-state index in [1.54, 1.807) is 0 Å². The van der Waals surface area contributed by atoms with Gasteiger partial charge in [0.2, 0.25) is 6.79 Å². The minimum Gasteiger partial charge on any atom is -0.454 e. The molecule has 3 heteroatoms. The van der Waals surface area contributed by atoms with Crippen molar-refractivity contribution in [3.63, 3.8) is 0 Å². The van der Waals surface area contributed by atoms with E-state index in [-0.39, 0.29) is 6.04 Å². The summed E-state index contributed by atoms with van der Waals surface area (Å²) in [4.78, 5) is 0. The minimum atomic E-state index is -0.0370. The van der Waals surface area contributed by atoms with Crippen LogP contribution in [0, 0.1) is 13.8 Å². The zero-order chi connectivity index (χ0) is 14.1. The van der Waals surface area contributed by atoms with Crippen molar-refractivity contribution in [2.45, 2.75) is 26.3 Å². The molecular formula is C17H19NO2. The van der Waals surface area contributed by atoms with Crippen LogP contribution in [0.3, 0.4) is 0 Å². The van der Waals surface area contributed by atoms with E-state index in [0.29, 0.717) is 6.79 Å². The molecule has 1 aliphatic rings. The fraction of sp³-hybridized carbons (Fsp3) is 0.294. The maximum absolute atomic E-state index is 6.34. The second-order valence-corrected chi connectivity index (χ2v) is 5.35. The normalized spacial score (nSPS) is 14.3. The average Bonchev–Trinajstić information content (AvgIpc) is 2.90. The molecule has 1 aliphatic heterocycles. The van der Waals surface area contributed by atoms with Gasteiger partial charge in [0, 0.05) is 6.04 Å². The lowest BCUT2D eigenvalue weighted by molar-refractivity contribution is 0.174. The number of rotatable bonds is 3. The summed E-state index contributed by atoms with van der Waals surface area (Å²) in [6.45, 7) is 4.53. The SMILES string of the molecule is Cc1ccc(C)c(CC(N)c2ccc3c(c2)OCO3)c1. The van der Waals surface area contributed by atoms with Gasteiger partial charge < -0.3 is 15.2 Å². The highest BCUT2D eigenvalue weighted by Gasteiger charge is 2.16. The molecule has 20 heavy (non-hydrogen) atoms. The first-order chi connectivity index (χ1) is 9.63. The van der Waals surface area contributed by atoms with E-state index in [2.05, 4.69) is 32.0 Å². The molecule has 0 bridgehead atoms. The predicted octanol–water partition coefficient (Wildman–Crippen LogP) is 3.27. The van der Waals surface area contributed by atoms with Gasteiger partial charge in [-0.15, -0.1) is 0 Å². The Morgan fingerprint density at radius 1 is 1.05 bits per heavy atom. The molecule has 3 rings (SSSR count). The first kappa shape index (κ1) is 13.0. The quantitative estimate of drug-likeness (QED) is 0.930. The Hall–Kier alpha value is -2.00. The Bertz CT molecular complexity index is 637. The van der Waals surface area contributed by atoms with E-state index in [4.69, 9.17) is 15.2 Å². The average molecular weight is 269 g/mol. The Kier molecular flexibility index (Phi) is 3.36. The largest absolute Gasteiger partial charge is 0.454 e. The van der Waals surface area contributed by atoms with Crippen LogP contribution in [0.1, 0.15) is 28.3 Å². The van der Waals surface area contributed by atoms with Crippen molar-refractivity contribution in [1.29, 1.82) is 0 Å². The number of aryl methyl sites for hydroxylation is 2. The molecule has 3 nitrogen and oxygen atoms in total. The molecule has 0 saturated heterocycles. The van der Waals surface area contributed by atoms with Crippen LogP contribution in [0.4, 0.5) is 0 Å². The predicted molar refractivity (Wildman–Crippen MR) is 79.1 cm³/mol. The second-order valence-electron chi connectivity index (χ2n) is 5.35. The summed E-state index contributed by atoms with van der Waals surface area (Å²) in [5, 5.41) is 0. The van der Waals surface area contributed by atoms with Crippen molar-refractivity contribution in [1.82, 2.24) is 0 Å². The number of nitrogens with two attached hydrogens (primary N) is 1. The highest BCUT2D eigenvalue weighted by molar-refractivity contribution is 5.45. The highest BCUT2D eigenvalue weighted by atomic mass is 16.7. The summed E-state index contributed by atoms with van der Waals surface area (Å²) in [7, 11) is 0. The molecule has 0 radical (unpaired) electrons. The fourth-order valence-corrected chi connectivity index (χ4v) is 2.52. The maximum atomic E-state index is 6.34. The van der Waals surface area contributed by atoms with Gasteiger partial charge in [0.05, 0.1) is 0 Å². The van der Waals surface area contributed by atoms with Crippen LogP contribution >= 0.6 is 0 Å². The van der Waals surface area contributed by atoms with E-state index in [1.165, 1.54) is 16.7 Å². The van der Waals surface area contributed by atoms with E-state index in [9.17, 15) is 0 Å². The van der Waals surface area contributed by atoms with Crippen molar-refractivity contribution in [2.24, 2.45) is 5.73 Å². The Morgan fingerprint density at radius 3 is 2.70 bits per heavy atom. The molecular weight excluding hydrogens is 250 g/mol. The molecule has 2 aromatic carbocycles. The summed E-state index contributed by atoms with van der Waals surface area (Å²) >= 11 is 0. The van der Waals surface area contributed by atoms with Crippen LogP contribution < -0.4 is 15.2 Å². The topological polar surface area (TPSA) is 44.5 Å². The van der Waals surface area contributed by atoms with E-state index >= 15 is 0 Å². The Morgan fingerprint density at radius 2 is 1.85 bits per heavy atom. The van der Waals surface area contributed by atoms with E-state index < -0.39 is 0 Å². The Balaban J connectivity index is 1.82. The summed E-state index contributed by atoms with van der Waals surface area (Å²) in [5.41, 5.74) is 11.3. The molecule has 0 fully saturated rings. The lowest BCUT2D eigenvalue weighted by Crippen LogP contribution is -2.14. The number of ether oxygens (including phenoxy) is 2. The Labute approximate surface area is 119 Å². The monoisotopic (exact) mass is 269 g/mol. The third-order valence-electron chi connectivity index (χ3n) is 3.77. The minimum absolute atomic E-state index is 0.0370. The molecule has 104 valence electrons. The molecule has 1 heterocycles. The smallest absolute Gasteiger partial charge is 0.231 e. The van der Waals surface area contributed by atoms with Gasteiger partial charge in [0.25, 0.3) is 0 Å². The summed E-state index contributed by atoms with van der Waals surface area (Å²) < 4.78 is 10.7. The van der Waals surface area contributed by atoms with Gasteiger partial charge in [0.15, 0.2) is 11.5 Å². The van der Waals surface area contributed by atoms with Crippen LogP contribution in [0.25, 0.3) is 0 Å². The molecule has 2 aromatic rings. The molecule has 2 N–H and O–H groups in total. The van der Waals surface area contributed by atoms with Crippen molar-refractivity contribution in [3.05, 3.63) is 58.7 Å². The number of hydrogen-bond acceptors (Lipinski definition) is 3. The van der Waals surface area contributed by atoms with Gasteiger partial charge >= 0.3 is 0 Å². The van der Waals surface area contributed by atoms with Gasteiger partial charge in [-0.2, -0.15) is 0 Å². The van der Waals surface area contributed by atoms with Gasteiger partial charge in [-0.3, -0.25) is 0 Å². The first-order valence-corrected chi connectivity index (χ1v) is 6.85. The molecule has 0 saturated carbocycles. The summed E-state index contributed by atoms with van der Waals surface area (Å²) in [6, 6.07) is 12.4. The van der Waals surface area contributed by atoms with Crippen LogP contribution in [0.5, 0.6) is 11.5 Å². The summed E-state index contributed by atoms with van der Waals surface area (Å²) in [6.07, 6.45) is 0.827. The van der Waals surface area contributed by atoms with Gasteiger partial charge in [-0.1, -0.05) is 29.8 Å².